The molecule has 170 valence electrons. The van der Waals surface area contributed by atoms with Crippen LogP contribution in [0, 0.1) is 13.8 Å². The molecule has 0 saturated heterocycles. The van der Waals surface area contributed by atoms with Gasteiger partial charge in [-0.15, -0.1) is 5.10 Å². The molecule has 2 aromatic carbocycles. The van der Waals surface area contributed by atoms with E-state index in [0.717, 1.165) is 34.5 Å². The van der Waals surface area contributed by atoms with Gasteiger partial charge in [0, 0.05) is 24.9 Å². The van der Waals surface area contributed by atoms with Gasteiger partial charge >= 0.3 is 0 Å². The number of benzene rings is 2. The Morgan fingerprint density at radius 2 is 1.65 bits per heavy atom. The van der Waals surface area contributed by atoms with Gasteiger partial charge in [0.25, 0.3) is 0 Å². The molecule has 1 N–H and O–H groups in total. The molecule has 1 aliphatic carbocycles. The van der Waals surface area contributed by atoms with E-state index in [1.165, 1.54) is 0 Å². The molecule has 0 bridgehead atoms. The largest absolute Gasteiger partial charge is 0.380 e. The summed E-state index contributed by atoms with van der Waals surface area (Å²) < 4.78 is 3.82. The zero-order valence-corrected chi connectivity index (χ0v) is 19.3. The molecule has 3 atom stereocenters. The first-order chi connectivity index (χ1) is 16.5. The summed E-state index contributed by atoms with van der Waals surface area (Å²) in [5.74, 6) is 3.96. The molecule has 0 radical (unpaired) electrons. The lowest BCUT2D eigenvalue weighted by molar-refractivity contribution is 0.206. The van der Waals surface area contributed by atoms with Crippen LogP contribution in [0.25, 0.3) is 16.9 Å². The van der Waals surface area contributed by atoms with Gasteiger partial charge in [-0.3, -0.25) is 0 Å². The van der Waals surface area contributed by atoms with E-state index in [9.17, 15) is 5.11 Å². The van der Waals surface area contributed by atoms with E-state index in [-0.39, 0.29) is 5.92 Å². The summed E-state index contributed by atoms with van der Waals surface area (Å²) >= 11 is 0. The monoisotopic (exact) mass is 451 g/mol. The van der Waals surface area contributed by atoms with Crippen molar-refractivity contribution in [2.75, 3.05) is 0 Å². The maximum absolute atomic E-state index is 11.0. The topological polar surface area (TPSA) is 94.5 Å². The fourth-order valence-electron chi connectivity index (χ4n) is 4.74. The third-order valence-corrected chi connectivity index (χ3v) is 6.48. The quantitative estimate of drug-likeness (QED) is 0.435. The molecule has 5 aromatic rings. The number of aliphatic hydroxyl groups excluding tert-OH is 1. The number of hydrogen-bond donors (Lipinski definition) is 1. The number of para-hydroxylation sites is 2. The van der Waals surface area contributed by atoms with Crippen LogP contribution in [0.5, 0.6) is 0 Å². The SMILES string of the molecule is Cc1nc(C2CC2c2nc3ccccc3n2C)cc(-n2nc(C)nc2C(O)c2ccccc2)n1. The van der Waals surface area contributed by atoms with Crippen molar-refractivity contribution in [3.8, 4) is 5.82 Å². The number of aromatic nitrogens is 7. The van der Waals surface area contributed by atoms with Gasteiger partial charge in [0.1, 0.15) is 23.6 Å². The predicted octanol–water partition coefficient (Wildman–Crippen LogP) is 3.91. The summed E-state index contributed by atoms with van der Waals surface area (Å²) in [6, 6.07) is 19.6. The molecule has 8 nitrogen and oxygen atoms in total. The molecule has 0 aliphatic heterocycles. The number of hydrogen-bond acceptors (Lipinski definition) is 6. The highest BCUT2D eigenvalue weighted by molar-refractivity contribution is 5.76. The third-order valence-electron chi connectivity index (χ3n) is 6.48. The molecule has 3 unspecified atom stereocenters. The standard InChI is InChI=1S/C26H25N7O/c1-15-27-21(18-13-19(18)25-30-20-11-7-8-12-22(20)32(25)3)14-23(28-15)33-26(29-16(2)31-33)24(34)17-9-5-4-6-10-17/h4-12,14,18-19,24,34H,13H2,1-3H3. The molecular weight excluding hydrogens is 426 g/mol. The smallest absolute Gasteiger partial charge is 0.167 e. The van der Waals surface area contributed by atoms with Crippen LogP contribution in [-0.2, 0) is 7.05 Å². The van der Waals surface area contributed by atoms with Crippen molar-refractivity contribution in [3.63, 3.8) is 0 Å². The summed E-state index contributed by atoms with van der Waals surface area (Å²) in [4.78, 5) is 18.8. The first kappa shape index (κ1) is 20.7. The van der Waals surface area contributed by atoms with Gasteiger partial charge in [-0.1, -0.05) is 42.5 Å². The van der Waals surface area contributed by atoms with Gasteiger partial charge < -0.3 is 9.67 Å². The average Bonchev–Trinajstić information content (AvgIpc) is 3.44. The van der Waals surface area contributed by atoms with Gasteiger partial charge in [0.15, 0.2) is 11.6 Å². The Hall–Kier alpha value is -3.91. The Morgan fingerprint density at radius 3 is 2.44 bits per heavy atom. The molecule has 1 saturated carbocycles. The highest BCUT2D eigenvalue weighted by Crippen LogP contribution is 2.54. The number of aryl methyl sites for hydroxylation is 3. The lowest BCUT2D eigenvalue weighted by Crippen LogP contribution is -2.12. The molecule has 6 rings (SSSR count). The zero-order chi connectivity index (χ0) is 23.4. The lowest BCUT2D eigenvalue weighted by Gasteiger charge is -2.13. The van der Waals surface area contributed by atoms with Crippen LogP contribution in [0.1, 0.15) is 58.9 Å². The van der Waals surface area contributed by atoms with Crippen LogP contribution in [0.3, 0.4) is 0 Å². The average molecular weight is 452 g/mol. The van der Waals surface area contributed by atoms with Gasteiger partial charge in [-0.05, 0) is 38.0 Å². The van der Waals surface area contributed by atoms with Crippen molar-refractivity contribution in [1.29, 1.82) is 0 Å². The maximum Gasteiger partial charge on any atom is 0.167 e. The summed E-state index contributed by atoms with van der Waals surface area (Å²) in [5, 5.41) is 15.6. The van der Waals surface area contributed by atoms with Gasteiger partial charge in [0.2, 0.25) is 0 Å². The van der Waals surface area contributed by atoms with Crippen molar-refractivity contribution in [2.24, 2.45) is 7.05 Å². The van der Waals surface area contributed by atoms with E-state index in [4.69, 9.17) is 9.97 Å². The van der Waals surface area contributed by atoms with E-state index in [2.05, 4.69) is 38.8 Å². The summed E-state index contributed by atoms with van der Waals surface area (Å²) in [6.07, 6.45) is 0.0814. The second-order valence-electron chi connectivity index (χ2n) is 8.91. The molecule has 34 heavy (non-hydrogen) atoms. The van der Waals surface area contributed by atoms with E-state index >= 15 is 0 Å². The van der Waals surface area contributed by atoms with Crippen molar-refractivity contribution < 1.29 is 5.11 Å². The normalized spacial score (nSPS) is 18.4. The van der Waals surface area contributed by atoms with Crippen molar-refractivity contribution in [2.45, 2.75) is 38.2 Å². The van der Waals surface area contributed by atoms with Crippen molar-refractivity contribution in [3.05, 3.63) is 95.2 Å². The molecule has 3 heterocycles. The molecule has 0 amide bonds. The highest BCUT2D eigenvalue weighted by Gasteiger charge is 2.44. The molecule has 8 heteroatoms. The minimum atomic E-state index is -0.908. The molecule has 1 fully saturated rings. The third kappa shape index (κ3) is 3.47. The van der Waals surface area contributed by atoms with E-state index in [0.29, 0.717) is 29.2 Å². The number of aliphatic hydroxyl groups is 1. The lowest BCUT2D eigenvalue weighted by atomic mass is 10.1. The van der Waals surface area contributed by atoms with Crippen LogP contribution >= 0.6 is 0 Å². The predicted molar refractivity (Wildman–Crippen MR) is 128 cm³/mol. The molecule has 1 aliphatic rings. The Labute approximate surface area is 197 Å². The van der Waals surface area contributed by atoms with Crippen molar-refractivity contribution in [1.82, 2.24) is 34.3 Å². The van der Waals surface area contributed by atoms with Crippen LogP contribution in [0.15, 0.2) is 60.7 Å². The van der Waals surface area contributed by atoms with Gasteiger partial charge in [-0.25, -0.2) is 19.9 Å². The highest BCUT2D eigenvalue weighted by atomic mass is 16.3. The van der Waals surface area contributed by atoms with Gasteiger partial charge in [-0.2, -0.15) is 4.68 Å². The number of rotatable bonds is 5. The number of nitrogens with zero attached hydrogens (tertiary/aromatic N) is 7. The van der Waals surface area contributed by atoms with E-state index < -0.39 is 6.10 Å². The van der Waals surface area contributed by atoms with Crippen LogP contribution in [0.2, 0.25) is 0 Å². The summed E-state index contributed by atoms with van der Waals surface area (Å²) in [6.45, 7) is 3.70. The second-order valence-corrected chi connectivity index (χ2v) is 8.91. The first-order valence-electron chi connectivity index (χ1n) is 11.4. The molecule has 0 spiro atoms. The Morgan fingerprint density at radius 1 is 0.882 bits per heavy atom. The summed E-state index contributed by atoms with van der Waals surface area (Å²) in [5.41, 5.74) is 3.88. The van der Waals surface area contributed by atoms with E-state index in [1.807, 2.05) is 62.4 Å². The minimum absolute atomic E-state index is 0.267. The fourth-order valence-corrected chi connectivity index (χ4v) is 4.74. The Kier molecular flexibility index (Phi) is 4.77. The number of imidazole rings is 1. The molecular formula is C26H25N7O. The van der Waals surface area contributed by atoms with Crippen LogP contribution in [-0.4, -0.2) is 39.4 Å². The van der Waals surface area contributed by atoms with Crippen LogP contribution in [0.4, 0.5) is 0 Å². The Balaban J connectivity index is 1.35. The number of fused-ring (bicyclic) bond motifs is 1. The summed E-state index contributed by atoms with van der Waals surface area (Å²) in [7, 11) is 2.08. The Bertz CT molecular complexity index is 1500. The minimum Gasteiger partial charge on any atom is -0.380 e. The van der Waals surface area contributed by atoms with E-state index in [1.54, 1.807) is 4.68 Å². The van der Waals surface area contributed by atoms with Crippen LogP contribution < -0.4 is 0 Å². The second kappa shape index (κ2) is 7.85. The molecule has 3 aromatic heterocycles. The first-order valence-corrected chi connectivity index (χ1v) is 11.4. The van der Waals surface area contributed by atoms with Crippen molar-refractivity contribution >= 4 is 11.0 Å². The fraction of sp³-hybridized carbons (Fsp3) is 0.269. The maximum atomic E-state index is 11.0. The zero-order valence-electron chi connectivity index (χ0n) is 19.3. The van der Waals surface area contributed by atoms with Gasteiger partial charge in [0.05, 0.1) is 16.7 Å².